The molecule has 0 N–H and O–H groups in total. The lowest BCUT2D eigenvalue weighted by Gasteiger charge is -2.59. The van der Waals surface area contributed by atoms with E-state index in [1.807, 2.05) is 6.08 Å². The molecule has 0 bridgehead atoms. The molecule has 4 nitrogen and oxygen atoms in total. The van der Waals surface area contributed by atoms with Crippen LogP contribution in [0.1, 0.15) is 77.2 Å². The molecular weight excluding hydrogens is 374 g/mol. The Labute approximate surface area is 179 Å². The van der Waals surface area contributed by atoms with Gasteiger partial charge in [-0.25, -0.2) is 0 Å². The smallest absolute Gasteiger partial charge is 0.269 e. The van der Waals surface area contributed by atoms with Gasteiger partial charge in [0, 0.05) is 17.5 Å². The Morgan fingerprint density at radius 1 is 1.00 bits per heavy atom. The number of benzene rings is 1. The van der Waals surface area contributed by atoms with E-state index >= 15 is 0 Å². The summed E-state index contributed by atoms with van der Waals surface area (Å²) in [6, 6.07) is 6.59. The molecule has 6 atom stereocenters. The Hall–Kier alpha value is -1.97. The Bertz CT molecular complexity index is 903. The van der Waals surface area contributed by atoms with Crippen LogP contribution < -0.4 is 0 Å². The predicted molar refractivity (Wildman–Crippen MR) is 118 cm³/mol. The van der Waals surface area contributed by atoms with Crippen molar-refractivity contribution in [2.24, 2.45) is 34.5 Å². The fraction of sp³-hybridized carbons (Fsp3) is 0.654. The maximum absolute atomic E-state index is 13.5. The van der Waals surface area contributed by atoms with Gasteiger partial charge in [-0.05, 0) is 103 Å². The Kier molecular flexibility index (Phi) is 4.68. The molecule has 0 saturated heterocycles. The summed E-state index contributed by atoms with van der Waals surface area (Å²) < 4.78 is 0. The molecule has 4 fully saturated rings. The second-order valence-electron chi connectivity index (χ2n) is 10.9. The van der Waals surface area contributed by atoms with E-state index in [1.54, 1.807) is 12.1 Å². The molecule has 1 aromatic carbocycles. The highest BCUT2D eigenvalue weighted by atomic mass is 16.6. The molecule has 4 aliphatic rings. The van der Waals surface area contributed by atoms with Crippen molar-refractivity contribution < 1.29 is 9.72 Å². The highest BCUT2D eigenvalue weighted by molar-refractivity contribution is 6.05. The molecular formula is C26H33NO3. The summed E-state index contributed by atoms with van der Waals surface area (Å²) in [5.41, 5.74) is 2.19. The number of nitro groups is 1. The van der Waals surface area contributed by atoms with Gasteiger partial charge < -0.3 is 0 Å². The zero-order chi connectivity index (χ0) is 21.1. The zero-order valence-electron chi connectivity index (χ0n) is 18.2. The summed E-state index contributed by atoms with van der Waals surface area (Å²) in [5.74, 6) is 3.15. The number of hydrogen-bond donors (Lipinski definition) is 0. The summed E-state index contributed by atoms with van der Waals surface area (Å²) in [6.45, 7) is 4.79. The first-order valence-corrected chi connectivity index (χ1v) is 11.8. The molecule has 0 aromatic heterocycles. The van der Waals surface area contributed by atoms with Gasteiger partial charge in [-0.1, -0.05) is 26.7 Å². The fourth-order valence-electron chi connectivity index (χ4n) is 7.99. The van der Waals surface area contributed by atoms with Crippen LogP contribution in [-0.2, 0) is 4.79 Å². The van der Waals surface area contributed by atoms with Gasteiger partial charge in [0.05, 0.1) is 4.92 Å². The highest BCUT2D eigenvalue weighted by Crippen LogP contribution is 2.66. The van der Waals surface area contributed by atoms with Gasteiger partial charge in [0.25, 0.3) is 5.69 Å². The lowest BCUT2D eigenvalue weighted by Crippen LogP contribution is -2.52. The van der Waals surface area contributed by atoms with Crippen molar-refractivity contribution in [3.8, 4) is 0 Å². The molecule has 1 aromatic rings. The Balaban J connectivity index is 1.43. The van der Waals surface area contributed by atoms with Crippen LogP contribution in [0.15, 0.2) is 29.8 Å². The maximum atomic E-state index is 13.5. The first-order valence-electron chi connectivity index (χ1n) is 11.8. The number of fused-ring (bicyclic) bond motifs is 5. The molecule has 160 valence electrons. The first-order chi connectivity index (χ1) is 14.3. The van der Waals surface area contributed by atoms with Gasteiger partial charge in [-0.15, -0.1) is 0 Å². The number of non-ortho nitro benzene ring substituents is 1. The summed E-state index contributed by atoms with van der Waals surface area (Å²) in [6.07, 6.45) is 13.3. The van der Waals surface area contributed by atoms with E-state index in [-0.39, 0.29) is 16.0 Å². The number of ketones is 1. The van der Waals surface area contributed by atoms with Crippen molar-refractivity contribution in [2.45, 2.75) is 71.6 Å². The average molecular weight is 408 g/mol. The van der Waals surface area contributed by atoms with Gasteiger partial charge >= 0.3 is 0 Å². The third-order valence-electron chi connectivity index (χ3n) is 9.67. The molecule has 0 heterocycles. The van der Waals surface area contributed by atoms with E-state index in [0.717, 1.165) is 35.8 Å². The van der Waals surface area contributed by atoms with Crippen LogP contribution >= 0.6 is 0 Å². The van der Waals surface area contributed by atoms with Crippen molar-refractivity contribution in [3.63, 3.8) is 0 Å². The van der Waals surface area contributed by atoms with E-state index in [1.165, 1.54) is 57.1 Å². The molecule has 30 heavy (non-hydrogen) atoms. The number of nitro benzene ring substituents is 1. The molecule has 4 saturated carbocycles. The van der Waals surface area contributed by atoms with Crippen LogP contribution in [0.2, 0.25) is 0 Å². The number of carbonyl (C=O) groups excluding carboxylic acids is 1. The van der Waals surface area contributed by atoms with Gasteiger partial charge in [-0.3, -0.25) is 14.9 Å². The van der Waals surface area contributed by atoms with E-state index in [0.29, 0.717) is 23.0 Å². The number of nitrogens with zero attached hydrogens (tertiary/aromatic N) is 1. The second kappa shape index (κ2) is 7.03. The van der Waals surface area contributed by atoms with Crippen LogP contribution in [0.3, 0.4) is 0 Å². The molecule has 0 aliphatic heterocycles. The van der Waals surface area contributed by atoms with Gasteiger partial charge in [0.15, 0.2) is 5.78 Å². The third-order valence-corrected chi connectivity index (χ3v) is 9.67. The number of carbonyl (C=O) groups is 1. The number of allylic oxidation sites excluding steroid dienone is 1. The SMILES string of the molecule is C[C@]12CCCC[C@H]1CC[C@H]1[C@H]2CC[C@]2(C)C(=O)/C(=C/c3ccc([N+](=O)[O-])cc3)C[C@H]12. The Morgan fingerprint density at radius 3 is 2.50 bits per heavy atom. The minimum absolute atomic E-state index is 0.0934. The monoisotopic (exact) mass is 407 g/mol. The van der Waals surface area contributed by atoms with Crippen LogP contribution in [0.4, 0.5) is 5.69 Å². The van der Waals surface area contributed by atoms with Crippen LogP contribution in [0, 0.1) is 44.6 Å². The summed E-state index contributed by atoms with van der Waals surface area (Å²) >= 11 is 0. The molecule has 5 rings (SSSR count). The largest absolute Gasteiger partial charge is 0.294 e. The fourth-order valence-corrected chi connectivity index (χ4v) is 7.99. The van der Waals surface area contributed by atoms with Crippen molar-refractivity contribution in [1.82, 2.24) is 0 Å². The van der Waals surface area contributed by atoms with E-state index in [4.69, 9.17) is 0 Å². The lowest BCUT2D eigenvalue weighted by molar-refractivity contribution is -0.384. The summed E-state index contributed by atoms with van der Waals surface area (Å²) in [5, 5.41) is 10.9. The topological polar surface area (TPSA) is 60.2 Å². The highest BCUT2D eigenvalue weighted by Gasteiger charge is 2.60. The minimum atomic E-state index is -0.379. The van der Waals surface area contributed by atoms with Gasteiger partial charge in [0.1, 0.15) is 0 Å². The first kappa shape index (κ1) is 20.0. The van der Waals surface area contributed by atoms with Crippen molar-refractivity contribution in [3.05, 3.63) is 45.5 Å². The van der Waals surface area contributed by atoms with Crippen molar-refractivity contribution in [2.75, 3.05) is 0 Å². The normalized spacial score (nSPS) is 41.8. The van der Waals surface area contributed by atoms with Crippen molar-refractivity contribution in [1.29, 1.82) is 0 Å². The molecule has 0 spiro atoms. The van der Waals surface area contributed by atoms with E-state index < -0.39 is 0 Å². The van der Waals surface area contributed by atoms with Gasteiger partial charge in [-0.2, -0.15) is 0 Å². The number of Topliss-reactive ketones (excluding diaryl/α,β-unsaturated/α-hetero) is 1. The third kappa shape index (κ3) is 2.90. The Morgan fingerprint density at radius 2 is 1.77 bits per heavy atom. The molecule has 0 radical (unpaired) electrons. The van der Waals surface area contributed by atoms with Crippen LogP contribution in [0.25, 0.3) is 6.08 Å². The lowest BCUT2D eigenvalue weighted by atomic mass is 9.45. The zero-order valence-corrected chi connectivity index (χ0v) is 18.2. The number of hydrogen-bond acceptors (Lipinski definition) is 3. The molecule has 4 heteroatoms. The number of rotatable bonds is 2. The van der Waals surface area contributed by atoms with Gasteiger partial charge in [0.2, 0.25) is 0 Å². The van der Waals surface area contributed by atoms with Crippen LogP contribution in [0.5, 0.6) is 0 Å². The molecule has 4 aliphatic carbocycles. The summed E-state index contributed by atoms with van der Waals surface area (Å²) in [7, 11) is 0. The minimum Gasteiger partial charge on any atom is -0.294 e. The van der Waals surface area contributed by atoms with E-state index in [2.05, 4.69) is 13.8 Å². The van der Waals surface area contributed by atoms with Crippen molar-refractivity contribution >= 4 is 17.5 Å². The quantitative estimate of drug-likeness (QED) is 0.316. The average Bonchev–Trinajstić information content (AvgIpc) is 2.98. The second-order valence-corrected chi connectivity index (χ2v) is 10.9. The predicted octanol–water partition coefficient (Wildman–Crippen LogP) is 6.59. The van der Waals surface area contributed by atoms with E-state index in [9.17, 15) is 14.9 Å². The molecule has 0 amide bonds. The molecule has 0 unspecified atom stereocenters. The maximum Gasteiger partial charge on any atom is 0.269 e. The van der Waals surface area contributed by atoms with Crippen LogP contribution in [-0.4, -0.2) is 10.7 Å². The standard InChI is InChI=1S/C26H33NO3/c1-25-13-4-3-5-19(25)8-11-21-22(25)12-14-26(2)23(21)16-18(24(26)28)15-17-6-9-20(10-7-17)27(29)30/h6-7,9-10,15,19,21-23H,3-5,8,11-14,16H2,1-2H3/b18-15+/t19-,21-,22+,23+,25-,26-/m0/s1. The summed E-state index contributed by atoms with van der Waals surface area (Å²) in [4.78, 5) is 24.0.